The van der Waals surface area contributed by atoms with Crippen molar-refractivity contribution in [3.05, 3.63) is 28.2 Å². The molecule has 1 aromatic rings. The summed E-state index contributed by atoms with van der Waals surface area (Å²) in [5, 5.41) is 9.18. The van der Waals surface area contributed by atoms with Gasteiger partial charge >= 0.3 is 0 Å². The normalized spacial score (nSPS) is 16.6. The largest absolute Gasteiger partial charge is 0.370 e. The number of piperidine rings is 1. The van der Waals surface area contributed by atoms with Crippen LogP contribution in [0.5, 0.6) is 0 Å². The first kappa shape index (κ1) is 13.4. The van der Waals surface area contributed by atoms with Gasteiger partial charge in [-0.3, -0.25) is 0 Å². The van der Waals surface area contributed by atoms with Crippen molar-refractivity contribution in [2.45, 2.75) is 32.6 Å². The molecule has 1 aliphatic rings. The van der Waals surface area contributed by atoms with Crippen LogP contribution in [-0.4, -0.2) is 13.1 Å². The number of nitrogens with zero attached hydrogens (tertiary/aromatic N) is 2. The smallest absolute Gasteiger partial charge is 0.101 e. The SMILES string of the molecule is CCCC1CCN(c2cc(Br)ccc2C#N)CC1. The molecule has 0 N–H and O–H groups in total. The van der Waals surface area contributed by atoms with Crippen molar-refractivity contribution in [3.63, 3.8) is 0 Å². The van der Waals surface area contributed by atoms with Gasteiger partial charge in [-0.05, 0) is 37.0 Å². The van der Waals surface area contributed by atoms with E-state index in [1.165, 1.54) is 25.7 Å². The summed E-state index contributed by atoms with van der Waals surface area (Å²) in [5.41, 5.74) is 1.87. The predicted molar refractivity (Wildman–Crippen MR) is 78.7 cm³/mol. The van der Waals surface area contributed by atoms with E-state index < -0.39 is 0 Å². The molecule has 3 heteroatoms. The van der Waals surface area contributed by atoms with Gasteiger partial charge in [0.15, 0.2) is 0 Å². The van der Waals surface area contributed by atoms with Gasteiger partial charge in [0.25, 0.3) is 0 Å². The average Bonchev–Trinajstić information content (AvgIpc) is 2.40. The van der Waals surface area contributed by atoms with Crippen LogP contribution in [0, 0.1) is 17.2 Å². The molecule has 0 atom stereocenters. The zero-order chi connectivity index (χ0) is 13.0. The highest BCUT2D eigenvalue weighted by Gasteiger charge is 2.20. The van der Waals surface area contributed by atoms with Crippen LogP contribution < -0.4 is 4.90 Å². The van der Waals surface area contributed by atoms with Crippen molar-refractivity contribution in [2.24, 2.45) is 5.92 Å². The van der Waals surface area contributed by atoms with Gasteiger partial charge in [-0.25, -0.2) is 0 Å². The quantitative estimate of drug-likeness (QED) is 0.830. The van der Waals surface area contributed by atoms with E-state index in [4.69, 9.17) is 0 Å². The number of nitriles is 1. The molecule has 1 aliphatic heterocycles. The van der Waals surface area contributed by atoms with Crippen molar-refractivity contribution in [1.82, 2.24) is 0 Å². The van der Waals surface area contributed by atoms with E-state index in [2.05, 4.69) is 39.9 Å². The molecule has 96 valence electrons. The Morgan fingerprint density at radius 3 is 2.72 bits per heavy atom. The second-order valence-electron chi connectivity index (χ2n) is 4.99. The number of benzene rings is 1. The summed E-state index contributed by atoms with van der Waals surface area (Å²) in [4.78, 5) is 2.36. The van der Waals surface area contributed by atoms with Crippen molar-refractivity contribution >= 4 is 21.6 Å². The van der Waals surface area contributed by atoms with Gasteiger partial charge in [-0.2, -0.15) is 5.26 Å². The highest BCUT2D eigenvalue weighted by Crippen LogP contribution is 2.30. The highest BCUT2D eigenvalue weighted by molar-refractivity contribution is 9.10. The fourth-order valence-electron chi connectivity index (χ4n) is 2.73. The first-order valence-electron chi connectivity index (χ1n) is 6.69. The third kappa shape index (κ3) is 3.05. The molecule has 1 fully saturated rings. The third-order valence-electron chi connectivity index (χ3n) is 3.73. The molecule has 0 aliphatic carbocycles. The predicted octanol–water partition coefficient (Wildman–Crippen LogP) is 4.34. The Morgan fingerprint density at radius 1 is 1.39 bits per heavy atom. The Hall–Kier alpha value is -1.01. The first-order valence-corrected chi connectivity index (χ1v) is 7.48. The fraction of sp³-hybridized carbons (Fsp3) is 0.533. The molecule has 0 aromatic heterocycles. The van der Waals surface area contributed by atoms with Crippen molar-refractivity contribution < 1.29 is 0 Å². The van der Waals surface area contributed by atoms with Gasteiger partial charge < -0.3 is 4.90 Å². The lowest BCUT2D eigenvalue weighted by Gasteiger charge is -2.34. The second-order valence-corrected chi connectivity index (χ2v) is 5.91. The minimum Gasteiger partial charge on any atom is -0.370 e. The summed E-state index contributed by atoms with van der Waals surface area (Å²) >= 11 is 3.49. The zero-order valence-electron chi connectivity index (χ0n) is 10.8. The van der Waals surface area contributed by atoms with Crippen LogP contribution in [0.4, 0.5) is 5.69 Å². The fourth-order valence-corrected chi connectivity index (χ4v) is 3.08. The number of hydrogen-bond acceptors (Lipinski definition) is 2. The Kier molecular flexibility index (Phi) is 4.66. The minimum atomic E-state index is 0.784. The Morgan fingerprint density at radius 2 is 2.11 bits per heavy atom. The van der Waals surface area contributed by atoms with Crippen LogP contribution >= 0.6 is 15.9 Å². The van der Waals surface area contributed by atoms with Crippen LogP contribution in [0.1, 0.15) is 38.2 Å². The van der Waals surface area contributed by atoms with Gasteiger partial charge in [-0.15, -0.1) is 0 Å². The average molecular weight is 307 g/mol. The highest BCUT2D eigenvalue weighted by atomic mass is 79.9. The molecule has 0 amide bonds. The van der Waals surface area contributed by atoms with Crippen molar-refractivity contribution in [3.8, 4) is 6.07 Å². The van der Waals surface area contributed by atoms with Crippen molar-refractivity contribution in [1.29, 1.82) is 5.26 Å². The van der Waals surface area contributed by atoms with Crippen LogP contribution in [0.15, 0.2) is 22.7 Å². The minimum absolute atomic E-state index is 0.784. The monoisotopic (exact) mass is 306 g/mol. The summed E-state index contributed by atoms with van der Waals surface area (Å²) in [6.45, 7) is 4.42. The van der Waals surface area contributed by atoms with E-state index in [1.807, 2.05) is 12.1 Å². The van der Waals surface area contributed by atoms with E-state index in [0.717, 1.165) is 34.7 Å². The van der Waals surface area contributed by atoms with Crippen LogP contribution in [0.2, 0.25) is 0 Å². The maximum Gasteiger partial charge on any atom is 0.101 e. The number of anilines is 1. The maximum absolute atomic E-state index is 9.18. The molecular formula is C15H19BrN2. The van der Waals surface area contributed by atoms with Gasteiger partial charge in [0.1, 0.15) is 6.07 Å². The van der Waals surface area contributed by atoms with Crippen molar-refractivity contribution in [2.75, 3.05) is 18.0 Å². The molecule has 0 bridgehead atoms. The molecule has 1 heterocycles. The topological polar surface area (TPSA) is 27.0 Å². The van der Waals surface area contributed by atoms with E-state index >= 15 is 0 Å². The van der Waals surface area contributed by atoms with Crippen LogP contribution in [0.25, 0.3) is 0 Å². The van der Waals surface area contributed by atoms with E-state index in [1.54, 1.807) is 0 Å². The first-order chi connectivity index (χ1) is 8.74. The summed E-state index contributed by atoms with van der Waals surface area (Å²) in [7, 11) is 0. The lowest BCUT2D eigenvalue weighted by atomic mass is 9.92. The van der Waals surface area contributed by atoms with Gasteiger partial charge in [0.2, 0.25) is 0 Å². The third-order valence-corrected chi connectivity index (χ3v) is 4.23. The molecule has 2 rings (SSSR count). The Bertz CT molecular complexity index is 442. The number of hydrogen-bond donors (Lipinski definition) is 0. The lowest BCUT2D eigenvalue weighted by Crippen LogP contribution is -2.34. The van der Waals surface area contributed by atoms with Crippen LogP contribution in [-0.2, 0) is 0 Å². The molecule has 1 aromatic carbocycles. The standard InChI is InChI=1S/C15H19BrN2/c1-2-3-12-6-8-18(9-7-12)15-10-14(16)5-4-13(15)11-17/h4-5,10,12H,2-3,6-9H2,1H3. The van der Waals surface area contributed by atoms with Gasteiger partial charge in [-0.1, -0.05) is 35.7 Å². The molecule has 0 spiro atoms. The molecular weight excluding hydrogens is 288 g/mol. The van der Waals surface area contributed by atoms with Gasteiger partial charge in [0, 0.05) is 17.6 Å². The Balaban J connectivity index is 2.10. The molecule has 0 saturated carbocycles. The summed E-state index contributed by atoms with van der Waals surface area (Å²) in [6.07, 6.45) is 5.14. The molecule has 2 nitrogen and oxygen atoms in total. The Labute approximate surface area is 118 Å². The summed E-state index contributed by atoms with van der Waals surface area (Å²) in [6, 6.07) is 8.20. The molecule has 0 unspecified atom stereocenters. The second kappa shape index (κ2) is 6.24. The van der Waals surface area contributed by atoms with Gasteiger partial charge in [0.05, 0.1) is 11.3 Å². The maximum atomic E-state index is 9.18. The van der Waals surface area contributed by atoms with Crippen LogP contribution in [0.3, 0.4) is 0 Å². The number of halogens is 1. The van der Waals surface area contributed by atoms with E-state index in [0.29, 0.717) is 0 Å². The molecule has 0 radical (unpaired) electrons. The van der Waals surface area contributed by atoms with E-state index in [-0.39, 0.29) is 0 Å². The summed E-state index contributed by atoms with van der Waals surface area (Å²) < 4.78 is 1.05. The lowest BCUT2D eigenvalue weighted by molar-refractivity contribution is 0.378. The zero-order valence-corrected chi connectivity index (χ0v) is 12.4. The summed E-state index contributed by atoms with van der Waals surface area (Å²) in [5.74, 6) is 0.879. The molecule has 1 saturated heterocycles. The molecule has 18 heavy (non-hydrogen) atoms. The number of rotatable bonds is 3. The van der Waals surface area contributed by atoms with E-state index in [9.17, 15) is 5.26 Å².